The van der Waals surface area contributed by atoms with Crippen LogP contribution >= 0.6 is 0 Å². The van der Waals surface area contributed by atoms with Crippen LogP contribution in [0, 0.1) is 0 Å². The van der Waals surface area contributed by atoms with E-state index in [4.69, 9.17) is 0 Å². The molecule has 0 radical (unpaired) electrons. The average Bonchev–Trinajstić information content (AvgIpc) is 1.99. The van der Waals surface area contributed by atoms with E-state index in [0.29, 0.717) is 0 Å². The van der Waals surface area contributed by atoms with Crippen LogP contribution in [0.3, 0.4) is 0 Å². The summed E-state index contributed by atoms with van der Waals surface area (Å²) >= 11 is 0. The minimum atomic E-state index is -5.30. The van der Waals surface area contributed by atoms with Crippen molar-refractivity contribution >= 4 is 5.78 Å². The van der Waals surface area contributed by atoms with Gasteiger partial charge < -0.3 is 5.32 Å². The van der Waals surface area contributed by atoms with E-state index >= 15 is 0 Å². The Morgan fingerprint density at radius 2 is 1.60 bits per heavy atom. The summed E-state index contributed by atoms with van der Waals surface area (Å²) in [6, 6.07) is 0. The maximum absolute atomic E-state index is 12.0. The van der Waals surface area contributed by atoms with Crippen LogP contribution in [0.2, 0.25) is 0 Å². The van der Waals surface area contributed by atoms with Gasteiger partial charge in [-0.25, -0.2) is 0 Å². The minimum Gasteiger partial charge on any atom is -0.381 e. The summed E-state index contributed by atoms with van der Waals surface area (Å²) < 4.78 is 71.0. The summed E-state index contributed by atoms with van der Waals surface area (Å²) in [6.07, 6.45) is -10.8. The Bertz CT molecular complexity index is 264. The Hall–Kier alpha value is -1.21. The Balaban J connectivity index is 4.94. The Kier molecular flexibility index (Phi) is 4.17. The zero-order valence-electron chi connectivity index (χ0n) is 7.46. The van der Waals surface area contributed by atoms with Crippen LogP contribution in [0.4, 0.5) is 26.3 Å². The van der Waals surface area contributed by atoms with Crippen LogP contribution in [-0.2, 0) is 4.79 Å². The highest BCUT2D eigenvalue weighted by Gasteiger charge is 2.41. The second-order valence-electron chi connectivity index (χ2n) is 2.45. The smallest absolute Gasteiger partial charge is 0.381 e. The quantitative estimate of drug-likeness (QED) is 0.600. The number of allylic oxidation sites excluding steroid dienone is 2. The molecule has 88 valence electrons. The number of alkyl halides is 6. The number of ketones is 1. The van der Waals surface area contributed by atoms with Gasteiger partial charge in [0.1, 0.15) is 5.70 Å². The lowest BCUT2D eigenvalue weighted by Gasteiger charge is -2.12. The first-order valence-corrected chi connectivity index (χ1v) is 3.73. The van der Waals surface area contributed by atoms with Gasteiger partial charge in [-0.1, -0.05) is 0 Å². The van der Waals surface area contributed by atoms with Gasteiger partial charge in [0.15, 0.2) is 0 Å². The van der Waals surface area contributed by atoms with Crippen molar-refractivity contribution in [1.29, 1.82) is 0 Å². The molecule has 0 rings (SSSR count). The number of hydrogen-bond acceptors (Lipinski definition) is 2. The summed E-state index contributed by atoms with van der Waals surface area (Å²) in [7, 11) is 0. The molecule has 2 nitrogen and oxygen atoms in total. The van der Waals surface area contributed by atoms with Gasteiger partial charge in [-0.3, -0.25) is 4.79 Å². The van der Waals surface area contributed by atoms with Crippen molar-refractivity contribution in [2.24, 2.45) is 0 Å². The van der Waals surface area contributed by atoms with Gasteiger partial charge in [0.25, 0.3) is 5.78 Å². The zero-order chi connectivity index (χ0) is 12.3. The number of carbonyl (C=O) groups is 1. The van der Waals surface area contributed by atoms with Crippen molar-refractivity contribution in [3.8, 4) is 0 Å². The van der Waals surface area contributed by atoms with Crippen LogP contribution in [0.1, 0.15) is 6.92 Å². The standard InChI is InChI=1S/C7H7F6NO/c1-2-14-4(6(8,9)10)3-5(15)7(11,12)13/h3,14H,2H2,1H3/b4-3+. The summed E-state index contributed by atoms with van der Waals surface area (Å²) in [5.74, 6) is -2.55. The van der Waals surface area contributed by atoms with Gasteiger partial charge >= 0.3 is 12.4 Å². The topological polar surface area (TPSA) is 29.1 Å². The fourth-order valence-corrected chi connectivity index (χ4v) is 0.636. The van der Waals surface area contributed by atoms with Crippen LogP contribution in [0.15, 0.2) is 11.8 Å². The third-order valence-electron chi connectivity index (χ3n) is 1.23. The summed E-state index contributed by atoms with van der Waals surface area (Å²) in [6.45, 7) is 1.02. The molecule has 1 N–H and O–H groups in total. The molecule has 0 aromatic heterocycles. The minimum absolute atomic E-state index is 0.240. The molecule has 0 fully saturated rings. The van der Waals surface area contributed by atoms with Crippen molar-refractivity contribution in [2.75, 3.05) is 6.54 Å². The largest absolute Gasteiger partial charge is 0.454 e. The van der Waals surface area contributed by atoms with E-state index in [-0.39, 0.29) is 6.54 Å². The lowest BCUT2D eigenvalue weighted by atomic mass is 10.3. The fraction of sp³-hybridized carbons (Fsp3) is 0.571. The van der Waals surface area contributed by atoms with E-state index in [0.717, 1.165) is 0 Å². The number of hydrogen-bond donors (Lipinski definition) is 1. The van der Waals surface area contributed by atoms with Crippen molar-refractivity contribution in [3.05, 3.63) is 11.8 Å². The predicted octanol–water partition coefficient (Wildman–Crippen LogP) is 2.17. The summed E-state index contributed by atoms with van der Waals surface area (Å²) in [4.78, 5) is 10.3. The summed E-state index contributed by atoms with van der Waals surface area (Å²) in [5, 5.41) is 1.64. The molecule has 0 bridgehead atoms. The monoisotopic (exact) mass is 235 g/mol. The van der Waals surface area contributed by atoms with Crippen molar-refractivity contribution in [3.63, 3.8) is 0 Å². The van der Waals surface area contributed by atoms with Gasteiger partial charge in [-0.2, -0.15) is 26.3 Å². The van der Waals surface area contributed by atoms with Crippen LogP contribution in [0.25, 0.3) is 0 Å². The molecule has 0 saturated heterocycles. The van der Waals surface area contributed by atoms with E-state index in [1.54, 1.807) is 5.32 Å². The number of halogens is 6. The molecule has 0 unspecified atom stereocenters. The molecular weight excluding hydrogens is 228 g/mol. The first-order valence-electron chi connectivity index (χ1n) is 3.73. The van der Waals surface area contributed by atoms with Gasteiger partial charge in [-0.05, 0) is 6.92 Å². The van der Waals surface area contributed by atoms with E-state index in [1.807, 2.05) is 0 Å². The van der Waals surface area contributed by atoms with Crippen molar-refractivity contribution in [1.82, 2.24) is 5.32 Å². The highest BCUT2D eigenvalue weighted by molar-refractivity contribution is 5.95. The Labute approximate surface area is 80.9 Å². The van der Waals surface area contributed by atoms with Crippen LogP contribution in [-0.4, -0.2) is 24.7 Å². The molecule has 8 heteroatoms. The molecule has 0 aliphatic carbocycles. The lowest BCUT2D eigenvalue weighted by Crippen LogP contribution is -2.30. The average molecular weight is 235 g/mol. The SMILES string of the molecule is CCN/C(=C/C(=O)C(F)(F)F)C(F)(F)F. The normalized spacial score (nSPS) is 13.9. The lowest BCUT2D eigenvalue weighted by molar-refractivity contribution is -0.166. The predicted molar refractivity (Wildman–Crippen MR) is 38.9 cm³/mol. The van der Waals surface area contributed by atoms with Gasteiger partial charge in [0, 0.05) is 12.6 Å². The first-order chi connectivity index (χ1) is 6.59. The van der Waals surface area contributed by atoms with Gasteiger partial charge in [0.05, 0.1) is 0 Å². The van der Waals surface area contributed by atoms with Gasteiger partial charge in [-0.15, -0.1) is 0 Å². The third kappa shape index (κ3) is 4.71. The molecule has 0 aromatic rings. The van der Waals surface area contributed by atoms with Crippen LogP contribution < -0.4 is 5.32 Å². The molecule has 0 atom stereocenters. The number of nitrogens with one attached hydrogen (secondary N) is 1. The fourth-order valence-electron chi connectivity index (χ4n) is 0.636. The van der Waals surface area contributed by atoms with E-state index in [9.17, 15) is 31.1 Å². The van der Waals surface area contributed by atoms with E-state index < -0.39 is 29.9 Å². The maximum atomic E-state index is 12.0. The molecule has 0 aliphatic rings. The number of rotatable bonds is 3. The van der Waals surface area contributed by atoms with E-state index in [2.05, 4.69) is 0 Å². The maximum Gasteiger partial charge on any atom is 0.454 e. The zero-order valence-corrected chi connectivity index (χ0v) is 7.46. The Morgan fingerprint density at radius 1 is 1.13 bits per heavy atom. The molecule has 15 heavy (non-hydrogen) atoms. The van der Waals surface area contributed by atoms with Crippen LogP contribution in [0.5, 0.6) is 0 Å². The molecule has 0 spiro atoms. The molecule has 0 aliphatic heterocycles. The Morgan fingerprint density at radius 3 is 1.87 bits per heavy atom. The van der Waals surface area contributed by atoms with Crippen molar-refractivity contribution in [2.45, 2.75) is 19.3 Å². The second kappa shape index (κ2) is 4.54. The van der Waals surface area contributed by atoms with Gasteiger partial charge in [0.2, 0.25) is 0 Å². The van der Waals surface area contributed by atoms with Crippen molar-refractivity contribution < 1.29 is 31.1 Å². The molecule has 0 aromatic carbocycles. The first kappa shape index (κ1) is 13.8. The third-order valence-corrected chi connectivity index (χ3v) is 1.23. The molecule has 0 amide bonds. The second-order valence-corrected chi connectivity index (χ2v) is 2.45. The summed E-state index contributed by atoms with van der Waals surface area (Å²) in [5.41, 5.74) is -1.70. The highest BCUT2D eigenvalue weighted by Crippen LogP contribution is 2.25. The molecular formula is C7H7F6NO. The molecule has 0 saturated carbocycles. The van der Waals surface area contributed by atoms with E-state index in [1.165, 1.54) is 6.92 Å². The highest BCUT2D eigenvalue weighted by atomic mass is 19.4. The molecule has 0 heterocycles. The number of carbonyl (C=O) groups excluding carboxylic acids is 1.